The highest BCUT2D eigenvalue weighted by Crippen LogP contribution is 2.28. The number of nitrogens with zero attached hydrogens (tertiary/aromatic N) is 1. The Kier molecular flexibility index (Phi) is 2.25. The molecule has 0 fully saturated rings. The van der Waals surface area contributed by atoms with Crippen LogP contribution in [0, 0.1) is 5.82 Å². The fraction of sp³-hybridized carbons (Fsp3) is 0.273. The molecule has 0 saturated carbocycles. The summed E-state index contributed by atoms with van der Waals surface area (Å²) in [5.74, 6) is -0.249. The summed E-state index contributed by atoms with van der Waals surface area (Å²) in [7, 11) is 0. The molecule has 0 aromatic heterocycles. The van der Waals surface area contributed by atoms with Gasteiger partial charge in [0.25, 0.3) is 0 Å². The zero-order valence-corrected chi connectivity index (χ0v) is 7.94. The van der Waals surface area contributed by atoms with Crippen molar-refractivity contribution in [2.75, 3.05) is 11.6 Å². The van der Waals surface area contributed by atoms with Crippen molar-refractivity contribution in [2.24, 2.45) is 0 Å². The molecule has 2 rings (SSSR count). The molecule has 2 nitrogen and oxygen atoms in total. The van der Waals surface area contributed by atoms with E-state index in [2.05, 4.69) is 0 Å². The minimum Gasteiger partial charge on any atom is -0.376 e. The standard InChI is InChI=1S/C11H12FNO/c1-8-2-3-9-6-10(12)4-5-11(9)13(8)7-14/h2-6,8,14H,7H2,1H3. The van der Waals surface area contributed by atoms with E-state index >= 15 is 0 Å². The Balaban J connectivity index is 2.49. The van der Waals surface area contributed by atoms with Gasteiger partial charge in [0, 0.05) is 17.3 Å². The molecule has 1 N–H and O–H groups in total. The second-order valence-corrected chi connectivity index (χ2v) is 3.41. The number of aliphatic hydroxyl groups excluding tert-OH is 1. The summed E-state index contributed by atoms with van der Waals surface area (Å²) in [4.78, 5) is 1.81. The average molecular weight is 193 g/mol. The van der Waals surface area contributed by atoms with E-state index in [-0.39, 0.29) is 18.6 Å². The first-order valence-electron chi connectivity index (χ1n) is 4.57. The average Bonchev–Trinajstić information content (AvgIpc) is 2.18. The summed E-state index contributed by atoms with van der Waals surface area (Å²) in [5, 5.41) is 9.18. The van der Waals surface area contributed by atoms with E-state index in [1.54, 1.807) is 6.07 Å². The maximum atomic E-state index is 12.9. The Morgan fingerprint density at radius 3 is 3.00 bits per heavy atom. The zero-order chi connectivity index (χ0) is 10.1. The van der Waals surface area contributed by atoms with E-state index in [1.807, 2.05) is 24.0 Å². The Labute approximate surface area is 82.3 Å². The monoisotopic (exact) mass is 193 g/mol. The lowest BCUT2D eigenvalue weighted by molar-refractivity contribution is 0.285. The molecule has 1 aromatic carbocycles. The number of aliphatic hydroxyl groups is 1. The SMILES string of the molecule is CC1C=Cc2cc(F)ccc2N1CO. The predicted molar refractivity (Wildman–Crippen MR) is 54.5 cm³/mol. The normalized spacial score (nSPS) is 19.6. The van der Waals surface area contributed by atoms with Gasteiger partial charge in [-0.05, 0) is 25.1 Å². The summed E-state index contributed by atoms with van der Waals surface area (Å²) < 4.78 is 12.9. The van der Waals surface area contributed by atoms with E-state index in [0.29, 0.717) is 0 Å². The predicted octanol–water partition coefficient (Wildman–Crippen LogP) is 2.00. The highest BCUT2D eigenvalue weighted by molar-refractivity contribution is 5.72. The van der Waals surface area contributed by atoms with Gasteiger partial charge in [-0.3, -0.25) is 0 Å². The molecule has 74 valence electrons. The van der Waals surface area contributed by atoms with Crippen molar-refractivity contribution in [1.82, 2.24) is 0 Å². The molecule has 3 heteroatoms. The fourth-order valence-electron chi connectivity index (χ4n) is 1.69. The van der Waals surface area contributed by atoms with E-state index in [1.165, 1.54) is 12.1 Å². The minimum absolute atomic E-state index is 0.0514. The molecule has 0 bridgehead atoms. The molecule has 1 aliphatic heterocycles. The molecule has 1 heterocycles. The Bertz CT molecular complexity index is 376. The maximum Gasteiger partial charge on any atom is 0.123 e. The molecule has 1 aliphatic rings. The van der Waals surface area contributed by atoms with Gasteiger partial charge >= 0.3 is 0 Å². The number of hydrogen-bond acceptors (Lipinski definition) is 2. The van der Waals surface area contributed by atoms with E-state index in [0.717, 1.165) is 11.3 Å². The number of anilines is 1. The number of halogens is 1. The van der Waals surface area contributed by atoms with Crippen molar-refractivity contribution in [3.63, 3.8) is 0 Å². The van der Waals surface area contributed by atoms with E-state index in [9.17, 15) is 9.50 Å². The lowest BCUT2D eigenvalue weighted by atomic mass is 10.0. The van der Waals surface area contributed by atoms with E-state index < -0.39 is 0 Å². The van der Waals surface area contributed by atoms with Gasteiger partial charge in [0.2, 0.25) is 0 Å². The summed E-state index contributed by atoms with van der Waals surface area (Å²) in [6.45, 7) is 1.93. The van der Waals surface area contributed by atoms with Crippen molar-refractivity contribution in [1.29, 1.82) is 0 Å². The Morgan fingerprint density at radius 2 is 2.29 bits per heavy atom. The van der Waals surface area contributed by atoms with Crippen LogP contribution in [0.3, 0.4) is 0 Å². The van der Waals surface area contributed by atoms with Gasteiger partial charge < -0.3 is 10.0 Å². The first-order chi connectivity index (χ1) is 6.72. The lowest BCUT2D eigenvalue weighted by Crippen LogP contribution is -2.34. The third-order valence-corrected chi connectivity index (χ3v) is 2.50. The van der Waals surface area contributed by atoms with Crippen molar-refractivity contribution in [3.05, 3.63) is 35.7 Å². The van der Waals surface area contributed by atoms with Gasteiger partial charge in [-0.2, -0.15) is 0 Å². The molecule has 0 spiro atoms. The topological polar surface area (TPSA) is 23.5 Å². The van der Waals surface area contributed by atoms with Crippen LogP contribution in [0.5, 0.6) is 0 Å². The van der Waals surface area contributed by atoms with Gasteiger partial charge in [-0.25, -0.2) is 4.39 Å². The number of benzene rings is 1. The molecular weight excluding hydrogens is 181 g/mol. The van der Waals surface area contributed by atoms with Gasteiger partial charge in [-0.1, -0.05) is 12.2 Å². The summed E-state index contributed by atoms with van der Waals surface area (Å²) >= 11 is 0. The number of rotatable bonds is 1. The first kappa shape index (κ1) is 9.21. The molecule has 0 aliphatic carbocycles. The van der Waals surface area contributed by atoms with Gasteiger partial charge in [0.1, 0.15) is 12.5 Å². The maximum absolute atomic E-state index is 12.9. The molecule has 1 aromatic rings. The second kappa shape index (κ2) is 3.42. The molecule has 1 atom stereocenters. The fourth-order valence-corrected chi connectivity index (χ4v) is 1.69. The van der Waals surface area contributed by atoms with Crippen LogP contribution in [0.4, 0.5) is 10.1 Å². The first-order valence-corrected chi connectivity index (χ1v) is 4.57. The molecule has 1 unspecified atom stereocenters. The highest BCUT2D eigenvalue weighted by Gasteiger charge is 2.17. The molecule has 0 saturated heterocycles. The van der Waals surface area contributed by atoms with Crippen LogP contribution < -0.4 is 4.90 Å². The Hall–Kier alpha value is -1.35. The largest absolute Gasteiger partial charge is 0.376 e. The molecular formula is C11H12FNO. The van der Waals surface area contributed by atoms with Crippen LogP contribution in [0.2, 0.25) is 0 Å². The number of fused-ring (bicyclic) bond motifs is 1. The van der Waals surface area contributed by atoms with Crippen molar-refractivity contribution in [2.45, 2.75) is 13.0 Å². The van der Waals surface area contributed by atoms with Crippen LogP contribution in [0.25, 0.3) is 6.08 Å². The van der Waals surface area contributed by atoms with Crippen molar-refractivity contribution in [3.8, 4) is 0 Å². The van der Waals surface area contributed by atoms with Crippen molar-refractivity contribution < 1.29 is 9.50 Å². The molecule has 0 radical (unpaired) electrons. The summed E-state index contributed by atoms with van der Waals surface area (Å²) in [5.41, 5.74) is 1.70. The second-order valence-electron chi connectivity index (χ2n) is 3.41. The van der Waals surface area contributed by atoms with Crippen LogP contribution in [-0.2, 0) is 0 Å². The highest BCUT2D eigenvalue weighted by atomic mass is 19.1. The van der Waals surface area contributed by atoms with E-state index in [4.69, 9.17) is 0 Å². The number of hydrogen-bond donors (Lipinski definition) is 1. The summed E-state index contributed by atoms with van der Waals surface area (Å²) in [6, 6.07) is 4.73. The van der Waals surface area contributed by atoms with Crippen LogP contribution >= 0.6 is 0 Å². The van der Waals surface area contributed by atoms with Gasteiger partial charge in [0.05, 0.1) is 0 Å². The van der Waals surface area contributed by atoms with Gasteiger partial charge in [0.15, 0.2) is 0 Å². The lowest BCUT2D eigenvalue weighted by Gasteiger charge is -2.31. The quantitative estimate of drug-likeness (QED) is 0.737. The zero-order valence-electron chi connectivity index (χ0n) is 7.94. The third kappa shape index (κ3) is 1.40. The Morgan fingerprint density at radius 1 is 1.50 bits per heavy atom. The van der Waals surface area contributed by atoms with Crippen LogP contribution in [0.15, 0.2) is 24.3 Å². The van der Waals surface area contributed by atoms with Crippen LogP contribution in [-0.4, -0.2) is 17.9 Å². The summed E-state index contributed by atoms with van der Waals surface area (Å²) in [6.07, 6.45) is 3.83. The van der Waals surface area contributed by atoms with Crippen LogP contribution in [0.1, 0.15) is 12.5 Å². The minimum atomic E-state index is -0.249. The molecule has 0 amide bonds. The third-order valence-electron chi connectivity index (χ3n) is 2.50. The van der Waals surface area contributed by atoms with Gasteiger partial charge in [-0.15, -0.1) is 0 Å². The molecule has 14 heavy (non-hydrogen) atoms. The van der Waals surface area contributed by atoms with Crippen molar-refractivity contribution >= 4 is 11.8 Å². The smallest absolute Gasteiger partial charge is 0.123 e.